The summed E-state index contributed by atoms with van der Waals surface area (Å²) >= 11 is 7.88. The molecule has 0 fully saturated rings. The molecular weight excluding hydrogens is 344 g/mol. The monoisotopic (exact) mass is 362 g/mol. The maximum absolute atomic E-state index is 12.3. The molecule has 0 atom stereocenters. The van der Waals surface area contributed by atoms with Crippen molar-refractivity contribution < 1.29 is 9.59 Å². The van der Waals surface area contributed by atoms with Crippen LogP contribution in [0.5, 0.6) is 0 Å². The van der Waals surface area contributed by atoms with E-state index in [2.05, 4.69) is 5.32 Å². The highest BCUT2D eigenvalue weighted by Crippen LogP contribution is 2.22. The summed E-state index contributed by atoms with van der Waals surface area (Å²) in [7, 11) is 3.32. The minimum Gasteiger partial charge on any atom is -0.345 e. The minimum atomic E-state index is -0.214. The third-order valence-electron chi connectivity index (χ3n) is 3.39. The van der Waals surface area contributed by atoms with Crippen LogP contribution in [0.25, 0.3) is 0 Å². The fourth-order valence-corrected chi connectivity index (χ4v) is 2.92. The quantitative estimate of drug-likeness (QED) is 0.868. The minimum absolute atomic E-state index is 0.178. The Balaban J connectivity index is 2.11. The summed E-state index contributed by atoms with van der Waals surface area (Å²) in [6.45, 7) is 0. The van der Waals surface area contributed by atoms with Gasteiger partial charge >= 0.3 is 0 Å². The number of rotatable bonds is 5. The zero-order valence-corrected chi connectivity index (χ0v) is 15.4. The van der Waals surface area contributed by atoms with Gasteiger partial charge in [0.05, 0.1) is 10.6 Å². The van der Waals surface area contributed by atoms with E-state index < -0.39 is 0 Å². The second kappa shape index (κ2) is 8.22. The normalized spacial score (nSPS) is 10.3. The smallest absolute Gasteiger partial charge is 0.255 e. The van der Waals surface area contributed by atoms with E-state index in [1.54, 1.807) is 56.2 Å². The van der Waals surface area contributed by atoms with Gasteiger partial charge in [-0.2, -0.15) is 11.8 Å². The molecule has 1 N–H and O–H groups in total. The van der Waals surface area contributed by atoms with Gasteiger partial charge in [-0.1, -0.05) is 23.7 Å². The Morgan fingerprint density at radius 1 is 1.12 bits per heavy atom. The first-order chi connectivity index (χ1) is 11.4. The summed E-state index contributed by atoms with van der Waals surface area (Å²) in [5, 5.41) is 3.10. The molecule has 24 heavy (non-hydrogen) atoms. The average molecular weight is 363 g/mol. The van der Waals surface area contributed by atoms with Crippen LogP contribution >= 0.6 is 23.4 Å². The van der Waals surface area contributed by atoms with Crippen LogP contribution in [0.15, 0.2) is 42.5 Å². The zero-order valence-electron chi connectivity index (χ0n) is 13.8. The van der Waals surface area contributed by atoms with Gasteiger partial charge in [0.2, 0.25) is 0 Å². The number of amides is 2. The molecule has 0 aromatic heterocycles. The number of halogens is 1. The third-order valence-corrected chi connectivity index (χ3v) is 4.33. The molecule has 0 aliphatic carbocycles. The van der Waals surface area contributed by atoms with Crippen molar-refractivity contribution in [3.05, 3.63) is 64.2 Å². The van der Waals surface area contributed by atoms with E-state index in [0.29, 0.717) is 21.8 Å². The standard InChI is InChI=1S/C18H19ClN2O2S/c1-21(2)18(23)15-9-8-14(10-16(15)19)20-17(22)13-6-4-12(5-7-13)11-24-3/h4-10H,11H2,1-3H3,(H,20,22). The van der Waals surface area contributed by atoms with E-state index in [0.717, 1.165) is 5.75 Å². The van der Waals surface area contributed by atoms with E-state index in [9.17, 15) is 9.59 Å². The van der Waals surface area contributed by atoms with Crippen LogP contribution in [-0.2, 0) is 5.75 Å². The summed E-state index contributed by atoms with van der Waals surface area (Å²) in [5.41, 5.74) is 2.70. The second-order valence-corrected chi connectivity index (χ2v) is 6.75. The van der Waals surface area contributed by atoms with Gasteiger partial charge in [-0.05, 0) is 42.2 Å². The summed E-state index contributed by atoms with van der Waals surface area (Å²) in [4.78, 5) is 25.7. The lowest BCUT2D eigenvalue weighted by atomic mass is 10.1. The Morgan fingerprint density at radius 3 is 2.33 bits per heavy atom. The van der Waals surface area contributed by atoms with Crippen molar-refractivity contribution in [2.24, 2.45) is 0 Å². The molecule has 0 unspecified atom stereocenters. The van der Waals surface area contributed by atoms with Gasteiger partial charge in [0.25, 0.3) is 11.8 Å². The highest BCUT2D eigenvalue weighted by molar-refractivity contribution is 7.97. The summed E-state index contributed by atoms with van der Waals surface area (Å²) in [6, 6.07) is 12.3. The molecule has 4 nitrogen and oxygen atoms in total. The van der Waals surface area contributed by atoms with Crippen LogP contribution < -0.4 is 5.32 Å². The molecule has 2 aromatic carbocycles. The summed E-state index contributed by atoms with van der Waals surface area (Å²) in [6.07, 6.45) is 2.04. The molecule has 6 heteroatoms. The van der Waals surface area contributed by atoms with E-state index in [1.165, 1.54) is 10.5 Å². The van der Waals surface area contributed by atoms with Crippen molar-refractivity contribution in [3.8, 4) is 0 Å². The first-order valence-corrected chi connectivity index (χ1v) is 9.10. The van der Waals surface area contributed by atoms with Crippen LogP contribution in [0.1, 0.15) is 26.3 Å². The predicted molar refractivity (Wildman–Crippen MR) is 101 cm³/mol. The SMILES string of the molecule is CSCc1ccc(C(=O)Nc2ccc(C(=O)N(C)C)c(Cl)c2)cc1. The van der Waals surface area contributed by atoms with Gasteiger partial charge in [-0.25, -0.2) is 0 Å². The van der Waals surface area contributed by atoms with Crippen molar-refractivity contribution in [1.82, 2.24) is 4.90 Å². The molecule has 0 heterocycles. The maximum Gasteiger partial charge on any atom is 0.255 e. The topological polar surface area (TPSA) is 49.4 Å². The molecular formula is C18H19ClN2O2S. The molecule has 0 aliphatic heterocycles. The third kappa shape index (κ3) is 4.52. The number of nitrogens with zero attached hydrogens (tertiary/aromatic N) is 1. The Kier molecular flexibility index (Phi) is 6.29. The van der Waals surface area contributed by atoms with Crippen LogP contribution in [-0.4, -0.2) is 37.1 Å². The molecule has 0 aliphatic rings. The molecule has 2 amide bonds. The van der Waals surface area contributed by atoms with Crippen LogP contribution in [0.3, 0.4) is 0 Å². The molecule has 0 spiro atoms. The zero-order chi connectivity index (χ0) is 17.7. The molecule has 126 valence electrons. The van der Waals surface area contributed by atoms with Crippen LogP contribution in [0.4, 0.5) is 5.69 Å². The summed E-state index contributed by atoms with van der Waals surface area (Å²) < 4.78 is 0. The lowest BCUT2D eigenvalue weighted by Gasteiger charge is -2.13. The Morgan fingerprint density at radius 2 is 1.79 bits per heavy atom. The number of anilines is 1. The van der Waals surface area contributed by atoms with Gasteiger partial charge in [-0.15, -0.1) is 0 Å². The molecule has 0 bridgehead atoms. The van der Waals surface area contributed by atoms with Crippen molar-refractivity contribution >= 4 is 40.9 Å². The lowest BCUT2D eigenvalue weighted by molar-refractivity contribution is 0.0827. The Labute approximate surface area is 151 Å². The molecule has 2 aromatic rings. The molecule has 2 rings (SSSR count). The highest BCUT2D eigenvalue weighted by atomic mass is 35.5. The number of carbonyl (C=O) groups excluding carboxylic acids is 2. The first-order valence-electron chi connectivity index (χ1n) is 7.33. The van der Waals surface area contributed by atoms with Gasteiger partial charge < -0.3 is 10.2 Å². The Bertz CT molecular complexity index is 745. The van der Waals surface area contributed by atoms with E-state index >= 15 is 0 Å². The predicted octanol–water partition coefficient (Wildman–Crippen LogP) is 4.16. The van der Waals surface area contributed by atoms with Crippen LogP contribution in [0, 0.1) is 0 Å². The van der Waals surface area contributed by atoms with E-state index in [-0.39, 0.29) is 11.8 Å². The van der Waals surface area contributed by atoms with Gasteiger partial charge in [0, 0.05) is 31.1 Å². The molecule has 0 radical (unpaired) electrons. The maximum atomic E-state index is 12.3. The largest absolute Gasteiger partial charge is 0.345 e. The lowest BCUT2D eigenvalue weighted by Crippen LogP contribution is -2.22. The van der Waals surface area contributed by atoms with Crippen molar-refractivity contribution in [1.29, 1.82) is 0 Å². The van der Waals surface area contributed by atoms with E-state index in [1.807, 2.05) is 18.4 Å². The number of carbonyl (C=O) groups is 2. The fourth-order valence-electron chi connectivity index (χ4n) is 2.13. The van der Waals surface area contributed by atoms with Gasteiger partial charge in [0.15, 0.2) is 0 Å². The Hall–Kier alpha value is -1.98. The number of hydrogen-bond donors (Lipinski definition) is 1. The second-order valence-electron chi connectivity index (χ2n) is 5.48. The van der Waals surface area contributed by atoms with Gasteiger partial charge in [-0.3, -0.25) is 9.59 Å². The first kappa shape index (κ1) is 18.4. The van der Waals surface area contributed by atoms with Crippen molar-refractivity contribution in [3.63, 3.8) is 0 Å². The molecule has 0 saturated heterocycles. The summed E-state index contributed by atoms with van der Waals surface area (Å²) in [5.74, 6) is 0.523. The van der Waals surface area contributed by atoms with E-state index in [4.69, 9.17) is 11.6 Å². The van der Waals surface area contributed by atoms with Crippen molar-refractivity contribution in [2.75, 3.05) is 25.7 Å². The number of thioether (sulfide) groups is 1. The average Bonchev–Trinajstić information content (AvgIpc) is 2.55. The van der Waals surface area contributed by atoms with Crippen molar-refractivity contribution in [2.45, 2.75) is 5.75 Å². The number of nitrogens with one attached hydrogen (secondary N) is 1. The highest BCUT2D eigenvalue weighted by Gasteiger charge is 2.14. The fraction of sp³-hybridized carbons (Fsp3) is 0.222. The molecule has 0 saturated carbocycles. The van der Waals surface area contributed by atoms with Gasteiger partial charge in [0.1, 0.15) is 0 Å². The number of hydrogen-bond acceptors (Lipinski definition) is 3. The number of benzene rings is 2. The van der Waals surface area contributed by atoms with Crippen LogP contribution in [0.2, 0.25) is 5.02 Å².